The summed E-state index contributed by atoms with van der Waals surface area (Å²) in [6.45, 7) is 7.21. The molecule has 0 aliphatic carbocycles. The SMILES string of the molecule is C[Si](C)(C)c1ccc(-c2ccc(N(c3ccc(-c4ccc([Si](c5ccccc5)(c5ccccc5)c5ccccc5)cc4)cc3)c3cc4sc(-c5ccccc5)cc4s3)cc2)cc1. The predicted octanol–water partition coefficient (Wildman–Crippen LogP) is 13.4. The van der Waals surface area contributed by atoms with E-state index in [0.29, 0.717) is 0 Å². The van der Waals surface area contributed by atoms with Gasteiger partial charge in [-0.15, -0.1) is 22.7 Å². The van der Waals surface area contributed by atoms with Crippen LogP contribution in [-0.2, 0) is 0 Å². The zero-order valence-corrected chi connectivity index (χ0v) is 38.8. The van der Waals surface area contributed by atoms with Crippen molar-refractivity contribution in [2.75, 3.05) is 4.90 Å². The van der Waals surface area contributed by atoms with E-state index in [9.17, 15) is 0 Å². The first-order chi connectivity index (χ1) is 30.3. The van der Waals surface area contributed by atoms with Gasteiger partial charge in [-0.05, 0) is 85.0 Å². The molecular formula is C57H47NS2Si2. The zero-order valence-electron chi connectivity index (χ0n) is 35.2. The van der Waals surface area contributed by atoms with E-state index in [1.807, 2.05) is 22.7 Å². The van der Waals surface area contributed by atoms with Crippen molar-refractivity contribution in [3.63, 3.8) is 0 Å². The van der Waals surface area contributed by atoms with Crippen molar-refractivity contribution >= 4 is 90.5 Å². The minimum absolute atomic E-state index is 1.14. The summed E-state index contributed by atoms with van der Waals surface area (Å²) in [6.07, 6.45) is 0. The summed E-state index contributed by atoms with van der Waals surface area (Å²) in [5, 5.41) is 8.21. The number of hydrogen-bond donors (Lipinski definition) is 0. The number of nitrogens with zero attached hydrogens (tertiary/aromatic N) is 1. The van der Waals surface area contributed by atoms with Crippen LogP contribution in [0.2, 0.25) is 19.6 Å². The number of anilines is 3. The molecule has 0 aliphatic heterocycles. The maximum atomic E-state index is 2.42. The Morgan fingerprint density at radius 3 is 1.08 bits per heavy atom. The van der Waals surface area contributed by atoms with Crippen LogP contribution >= 0.6 is 22.7 Å². The maximum absolute atomic E-state index is 2.59. The third-order valence-corrected chi connectivity index (χ3v) is 21.3. The molecule has 0 saturated heterocycles. The fourth-order valence-corrected chi connectivity index (χ4v) is 17.2. The number of thiophene rings is 2. The highest BCUT2D eigenvalue weighted by molar-refractivity contribution is 7.31. The topological polar surface area (TPSA) is 3.24 Å². The molecule has 0 unspecified atom stereocenters. The summed E-state index contributed by atoms with van der Waals surface area (Å²) >= 11 is 3.73. The smallest absolute Gasteiger partial charge is 0.179 e. The molecule has 300 valence electrons. The van der Waals surface area contributed by atoms with E-state index < -0.39 is 16.1 Å². The second-order valence-electron chi connectivity index (χ2n) is 17.0. The normalized spacial score (nSPS) is 11.8. The molecule has 2 heterocycles. The molecule has 0 spiro atoms. The highest BCUT2D eigenvalue weighted by atomic mass is 32.1. The Morgan fingerprint density at radius 2 is 0.677 bits per heavy atom. The van der Waals surface area contributed by atoms with Gasteiger partial charge in [0.15, 0.2) is 8.07 Å². The third kappa shape index (κ3) is 7.63. The van der Waals surface area contributed by atoms with E-state index in [2.05, 4.69) is 255 Å². The van der Waals surface area contributed by atoms with Crippen LogP contribution in [0.3, 0.4) is 0 Å². The Kier molecular flexibility index (Phi) is 10.8. The van der Waals surface area contributed by atoms with Gasteiger partial charge in [0.2, 0.25) is 0 Å². The Hall–Kier alpha value is -6.35. The summed E-state index contributed by atoms with van der Waals surface area (Å²) in [4.78, 5) is 3.73. The molecular weight excluding hydrogens is 819 g/mol. The fourth-order valence-electron chi connectivity index (χ4n) is 8.83. The van der Waals surface area contributed by atoms with Crippen LogP contribution in [0.5, 0.6) is 0 Å². The molecule has 0 radical (unpaired) electrons. The van der Waals surface area contributed by atoms with Crippen LogP contribution in [0, 0.1) is 0 Å². The monoisotopic (exact) mass is 865 g/mol. The average molecular weight is 866 g/mol. The molecule has 0 N–H and O–H groups in total. The number of hydrogen-bond acceptors (Lipinski definition) is 3. The van der Waals surface area contributed by atoms with Crippen molar-refractivity contribution in [2.45, 2.75) is 19.6 Å². The molecule has 0 amide bonds. The van der Waals surface area contributed by atoms with Crippen LogP contribution in [0.4, 0.5) is 16.4 Å². The second-order valence-corrected chi connectivity index (χ2v) is 28.0. The summed E-state index contributed by atoms with van der Waals surface area (Å²) in [6, 6.07) is 85.7. The van der Waals surface area contributed by atoms with Gasteiger partial charge in [-0.3, -0.25) is 0 Å². The average Bonchev–Trinajstić information content (AvgIpc) is 3.91. The molecule has 8 aromatic carbocycles. The molecule has 0 bridgehead atoms. The van der Waals surface area contributed by atoms with Crippen LogP contribution < -0.4 is 30.8 Å². The Balaban J connectivity index is 1.01. The quantitative estimate of drug-likeness (QED) is 0.0925. The molecule has 0 fully saturated rings. The molecule has 1 nitrogen and oxygen atoms in total. The van der Waals surface area contributed by atoms with Gasteiger partial charge >= 0.3 is 0 Å². The Morgan fingerprint density at radius 1 is 0.323 bits per heavy atom. The lowest BCUT2D eigenvalue weighted by molar-refractivity contribution is 1.32. The van der Waals surface area contributed by atoms with E-state index in [1.54, 1.807) is 0 Å². The van der Waals surface area contributed by atoms with E-state index in [0.717, 1.165) is 11.4 Å². The first-order valence-corrected chi connectivity index (χ1v) is 28.5. The second kappa shape index (κ2) is 16.8. The Labute approximate surface area is 375 Å². The van der Waals surface area contributed by atoms with E-state index in [1.165, 1.54) is 73.0 Å². The standard InChI is InChI=1S/C57H47NS2Si2/c1-61(2,3)49-36-28-44(29-37-49)42-24-32-47(33-25-42)58(57-41-56-55(60-57)40-54(59-56)46-16-8-4-9-17-46)48-34-26-43(27-35-48)45-30-38-53(39-31-45)62(50-18-10-5-11-19-50,51-20-12-6-13-21-51)52-22-14-7-15-23-52/h4-41H,1-3H3. The molecule has 10 aromatic rings. The molecule has 0 atom stereocenters. The molecule has 0 aliphatic rings. The zero-order chi connectivity index (χ0) is 42.1. The molecule has 0 saturated carbocycles. The first-order valence-electron chi connectivity index (χ1n) is 21.3. The highest BCUT2D eigenvalue weighted by Crippen LogP contribution is 2.46. The summed E-state index contributed by atoms with van der Waals surface area (Å²) in [5.74, 6) is 0. The first kappa shape index (κ1) is 39.8. The van der Waals surface area contributed by atoms with E-state index in [-0.39, 0.29) is 0 Å². The number of rotatable bonds is 11. The maximum Gasteiger partial charge on any atom is 0.179 e. The van der Waals surface area contributed by atoms with Gasteiger partial charge in [-0.1, -0.05) is 219 Å². The van der Waals surface area contributed by atoms with Gasteiger partial charge in [0.05, 0.1) is 8.07 Å². The fraction of sp³-hybridized carbons (Fsp3) is 0.0526. The Bertz CT molecular complexity index is 2920. The van der Waals surface area contributed by atoms with Crippen LogP contribution in [0.15, 0.2) is 231 Å². The van der Waals surface area contributed by atoms with Crippen molar-refractivity contribution in [3.05, 3.63) is 231 Å². The lowest BCUT2D eigenvalue weighted by Crippen LogP contribution is -2.74. The van der Waals surface area contributed by atoms with Crippen LogP contribution in [-0.4, -0.2) is 16.1 Å². The lowest BCUT2D eigenvalue weighted by Gasteiger charge is -2.34. The largest absolute Gasteiger partial charge is 0.302 e. The summed E-state index contributed by atoms with van der Waals surface area (Å²) in [5.41, 5.74) is 8.44. The molecule has 5 heteroatoms. The minimum atomic E-state index is -2.59. The summed E-state index contributed by atoms with van der Waals surface area (Å²) < 4.78 is 2.62. The van der Waals surface area contributed by atoms with E-state index >= 15 is 0 Å². The van der Waals surface area contributed by atoms with Gasteiger partial charge in [0.25, 0.3) is 0 Å². The van der Waals surface area contributed by atoms with Crippen molar-refractivity contribution in [3.8, 4) is 32.7 Å². The van der Waals surface area contributed by atoms with Crippen molar-refractivity contribution in [1.29, 1.82) is 0 Å². The number of benzene rings is 8. The van der Waals surface area contributed by atoms with Gasteiger partial charge in [-0.25, -0.2) is 0 Å². The summed E-state index contributed by atoms with van der Waals surface area (Å²) in [7, 11) is -3.96. The van der Waals surface area contributed by atoms with Gasteiger partial charge in [-0.2, -0.15) is 0 Å². The van der Waals surface area contributed by atoms with Gasteiger partial charge in [0.1, 0.15) is 5.00 Å². The van der Waals surface area contributed by atoms with Crippen LogP contribution in [0.1, 0.15) is 0 Å². The molecule has 2 aromatic heterocycles. The van der Waals surface area contributed by atoms with Crippen molar-refractivity contribution in [2.24, 2.45) is 0 Å². The van der Waals surface area contributed by atoms with Crippen LogP contribution in [0.25, 0.3) is 42.1 Å². The van der Waals surface area contributed by atoms with E-state index in [4.69, 9.17) is 0 Å². The number of fused-ring (bicyclic) bond motifs is 1. The highest BCUT2D eigenvalue weighted by Gasteiger charge is 2.41. The van der Waals surface area contributed by atoms with Crippen molar-refractivity contribution < 1.29 is 0 Å². The van der Waals surface area contributed by atoms with Crippen molar-refractivity contribution in [1.82, 2.24) is 0 Å². The third-order valence-electron chi connectivity index (χ3n) is 12.1. The lowest BCUT2D eigenvalue weighted by atomic mass is 10.0. The minimum Gasteiger partial charge on any atom is -0.302 e. The van der Waals surface area contributed by atoms with Gasteiger partial charge < -0.3 is 4.90 Å². The molecule has 62 heavy (non-hydrogen) atoms. The predicted molar refractivity (Wildman–Crippen MR) is 277 cm³/mol. The molecule has 10 rings (SSSR count). The van der Waals surface area contributed by atoms with Gasteiger partial charge in [0, 0.05) is 25.7 Å².